The second-order valence-corrected chi connectivity index (χ2v) is 9.34. The number of fused-ring (bicyclic) bond motifs is 1. The number of benzene rings is 1. The number of piperidine rings is 1. The maximum absolute atomic E-state index is 14.4. The first-order chi connectivity index (χ1) is 15.5. The highest BCUT2D eigenvalue weighted by molar-refractivity contribution is 5.62. The van der Waals surface area contributed by atoms with Gasteiger partial charge in [0.15, 0.2) is 0 Å². The van der Waals surface area contributed by atoms with Gasteiger partial charge in [0.1, 0.15) is 23.8 Å². The molecule has 1 saturated heterocycles. The first-order valence-corrected chi connectivity index (χ1v) is 11.3. The Balaban J connectivity index is 1.51. The van der Waals surface area contributed by atoms with Crippen molar-refractivity contribution in [3.05, 3.63) is 65.7 Å². The van der Waals surface area contributed by atoms with Crippen molar-refractivity contribution in [1.29, 1.82) is 0 Å². The van der Waals surface area contributed by atoms with Gasteiger partial charge in [0.05, 0.1) is 17.0 Å². The second kappa shape index (κ2) is 8.19. The van der Waals surface area contributed by atoms with Crippen LogP contribution in [0.15, 0.2) is 42.9 Å². The van der Waals surface area contributed by atoms with Crippen molar-refractivity contribution in [2.75, 3.05) is 18.0 Å². The van der Waals surface area contributed by atoms with Crippen LogP contribution in [0.2, 0.25) is 0 Å². The van der Waals surface area contributed by atoms with Crippen molar-refractivity contribution >= 4 is 5.82 Å². The van der Waals surface area contributed by atoms with E-state index in [-0.39, 0.29) is 22.6 Å². The Morgan fingerprint density at radius 2 is 1.91 bits per heavy atom. The minimum absolute atomic E-state index is 0.102. The number of aromatic nitrogens is 4. The number of hydrogen-bond acceptors (Lipinski definition) is 5. The van der Waals surface area contributed by atoms with Gasteiger partial charge in [-0.3, -0.25) is 0 Å². The van der Waals surface area contributed by atoms with Crippen LogP contribution in [0.1, 0.15) is 56.7 Å². The summed E-state index contributed by atoms with van der Waals surface area (Å²) in [5.74, 6) is 0.386. The van der Waals surface area contributed by atoms with E-state index in [1.807, 2.05) is 12.1 Å². The lowest BCUT2D eigenvalue weighted by Gasteiger charge is -2.47. The molecule has 0 unspecified atom stereocenters. The molecule has 0 bridgehead atoms. The molecule has 32 heavy (non-hydrogen) atoms. The van der Waals surface area contributed by atoms with Crippen molar-refractivity contribution in [1.82, 2.24) is 20.2 Å². The molecule has 1 aliphatic heterocycles. The van der Waals surface area contributed by atoms with Gasteiger partial charge in [-0.15, -0.1) is 0 Å². The normalized spacial score (nSPS) is 25.4. The number of nitrogens with zero attached hydrogens (tertiary/aromatic N) is 5. The molecule has 0 spiro atoms. The lowest BCUT2D eigenvalue weighted by molar-refractivity contribution is 0.206. The molecular weight excluding hydrogens is 408 g/mol. The van der Waals surface area contributed by atoms with Gasteiger partial charge in [-0.05, 0) is 67.3 Å². The largest absolute Gasteiger partial charge is 0.356 e. The topological polar surface area (TPSA) is 54.8 Å². The summed E-state index contributed by atoms with van der Waals surface area (Å²) in [7, 11) is 0. The van der Waals surface area contributed by atoms with Gasteiger partial charge in [-0.1, -0.05) is 19.9 Å². The maximum Gasteiger partial charge on any atom is 0.135 e. The van der Waals surface area contributed by atoms with E-state index in [9.17, 15) is 8.78 Å². The van der Waals surface area contributed by atoms with Crippen LogP contribution in [0.5, 0.6) is 0 Å². The molecule has 0 saturated carbocycles. The first-order valence-electron chi connectivity index (χ1n) is 11.3. The SMILES string of the molecule is C[C@H]1CC[C@](C)([C@H]2CCCN(c3ccncn3)C2)c2nnc(-c3c(F)cccc3F)cc21. The summed E-state index contributed by atoms with van der Waals surface area (Å²) in [6.45, 7) is 6.32. The highest BCUT2D eigenvalue weighted by atomic mass is 19.1. The van der Waals surface area contributed by atoms with Crippen LogP contribution in [0.4, 0.5) is 14.6 Å². The standard InChI is InChI=1S/C25H27F2N5/c1-16-8-10-25(2,17-5-4-12-32(14-17)22-9-11-28-15-29-22)24-18(16)13-21(30-31-24)23-19(26)6-3-7-20(23)27/h3,6-7,9,11,13,15-17H,4-5,8,10,12,14H2,1-2H3/t16-,17-,25+/m0/s1. The molecule has 1 aliphatic carbocycles. The molecular formula is C25H27F2N5. The van der Waals surface area contributed by atoms with Gasteiger partial charge < -0.3 is 4.90 Å². The van der Waals surface area contributed by atoms with Gasteiger partial charge >= 0.3 is 0 Å². The van der Waals surface area contributed by atoms with Crippen LogP contribution in [-0.2, 0) is 5.41 Å². The molecule has 5 rings (SSSR count). The average Bonchev–Trinajstić information content (AvgIpc) is 2.82. The Bertz CT molecular complexity index is 1100. The Morgan fingerprint density at radius 1 is 1.09 bits per heavy atom. The zero-order valence-corrected chi connectivity index (χ0v) is 18.4. The van der Waals surface area contributed by atoms with E-state index in [2.05, 4.69) is 38.9 Å². The number of anilines is 1. The molecule has 7 heteroatoms. The van der Waals surface area contributed by atoms with Crippen LogP contribution in [0.3, 0.4) is 0 Å². The molecule has 166 valence electrons. The van der Waals surface area contributed by atoms with E-state index in [1.54, 1.807) is 12.5 Å². The van der Waals surface area contributed by atoms with E-state index < -0.39 is 11.6 Å². The molecule has 3 heterocycles. The Hall–Kier alpha value is -2.96. The quantitative estimate of drug-likeness (QED) is 0.560. The minimum Gasteiger partial charge on any atom is -0.356 e. The summed E-state index contributed by atoms with van der Waals surface area (Å²) in [6, 6.07) is 7.70. The monoisotopic (exact) mass is 435 g/mol. The van der Waals surface area contributed by atoms with E-state index in [0.29, 0.717) is 5.92 Å². The Morgan fingerprint density at radius 3 is 2.66 bits per heavy atom. The minimum atomic E-state index is -0.613. The molecule has 1 fully saturated rings. The average molecular weight is 436 g/mol. The molecule has 2 aliphatic rings. The van der Waals surface area contributed by atoms with Gasteiger partial charge in [0, 0.05) is 24.7 Å². The smallest absolute Gasteiger partial charge is 0.135 e. The van der Waals surface area contributed by atoms with E-state index in [0.717, 1.165) is 55.8 Å². The zero-order valence-electron chi connectivity index (χ0n) is 18.4. The molecule has 2 aromatic heterocycles. The van der Waals surface area contributed by atoms with Gasteiger partial charge in [-0.2, -0.15) is 10.2 Å². The number of halogens is 2. The van der Waals surface area contributed by atoms with Gasteiger partial charge in [0.2, 0.25) is 0 Å². The van der Waals surface area contributed by atoms with Gasteiger partial charge in [-0.25, -0.2) is 18.7 Å². The van der Waals surface area contributed by atoms with Crippen molar-refractivity contribution in [3.63, 3.8) is 0 Å². The van der Waals surface area contributed by atoms with Gasteiger partial charge in [0.25, 0.3) is 0 Å². The van der Waals surface area contributed by atoms with Crippen molar-refractivity contribution in [2.24, 2.45) is 5.92 Å². The highest BCUT2D eigenvalue weighted by Gasteiger charge is 2.44. The van der Waals surface area contributed by atoms with Crippen LogP contribution in [-0.4, -0.2) is 33.3 Å². The predicted molar refractivity (Wildman–Crippen MR) is 119 cm³/mol. The zero-order chi connectivity index (χ0) is 22.3. The third-order valence-electron chi connectivity index (χ3n) is 7.42. The molecule has 5 nitrogen and oxygen atoms in total. The number of hydrogen-bond donors (Lipinski definition) is 0. The summed E-state index contributed by atoms with van der Waals surface area (Å²) < 4.78 is 28.8. The molecule has 0 amide bonds. The lowest BCUT2D eigenvalue weighted by Crippen LogP contribution is -2.47. The van der Waals surface area contributed by atoms with Crippen LogP contribution >= 0.6 is 0 Å². The van der Waals surface area contributed by atoms with E-state index >= 15 is 0 Å². The summed E-state index contributed by atoms with van der Waals surface area (Å²) >= 11 is 0. The molecule has 3 aromatic rings. The van der Waals surface area contributed by atoms with Crippen LogP contribution in [0.25, 0.3) is 11.3 Å². The van der Waals surface area contributed by atoms with Crippen LogP contribution in [0, 0.1) is 17.6 Å². The summed E-state index contributed by atoms with van der Waals surface area (Å²) in [5, 5.41) is 8.95. The van der Waals surface area contributed by atoms with Crippen molar-refractivity contribution in [3.8, 4) is 11.3 Å². The Labute approximate surface area is 186 Å². The summed E-state index contributed by atoms with van der Waals surface area (Å²) in [6.07, 6.45) is 7.59. The second-order valence-electron chi connectivity index (χ2n) is 9.34. The van der Waals surface area contributed by atoms with Crippen molar-refractivity contribution < 1.29 is 8.78 Å². The third-order valence-corrected chi connectivity index (χ3v) is 7.42. The third kappa shape index (κ3) is 3.53. The maximum atomic E-state index is 14.4. The molecule has 1 aromatic carbocycles. The Kier molecular flexibility index (Phi) is 5.35. The van der Waals surface area contributed by atoms with E-state index in [4.69, 9.17) is 0 Å². The lowest BCUT2D eigenvalue weighted by atomic mass is 9.62. The fourth-order valence-electron chi connectivity index (χ4n) is 5.45. The fourth-order valence-corrected chi connectivity index (χ4v) is 5.45. The van der Waals surface area contributed by atoms with Crippen LogP contribution < -0.4 is 4.90 Å². The molecule has 0 N–H and O–H groups in total. The summed E-state index contributed by atoms with van der Waals surface area (Å²) in [4.78, 5) is 10.8. The predicted octanol–water partition coefficient (Wildman–Crippen LogP) is 5.28. The van der Waals surface area contributed by atoms with E-state index in [1.165, 1.54) is 18.2 Å². The summed E-state index contributed by atoms with van der Waals surface area (Å²) in [5.41, 5.74) is 2.06. The number of rotatable bonds is 3. The van der Waals surface area contributed by atoms with Crippen molar-refractivity contribution in [2.45, 2.75) is 50.9 Å². The highest BCUT2D eigenvalue weighted by Crippen LogP contribution is 2.48. The first kappa shape index (κ1) is 20.9. The molecule has 3 atom stereocenters. The molecule has 0 radical (unpaired) electrons. The fraction of sp³-hybridized carbons (Fsp3) is 0.440.